The van der Waals surface area contributed by atoms with Crippen molar-refractivity contribution in [2.24, 2.45) is 0 Å². The van der Waals surface area contributed by atoms with Crippen molar-refractivity contribution in [2.45, 2.75) is 52.2 Å². The van der Waals surface area contributed by atoms with Gasteiger partial charge in [-0.05, 0) is 79.8 Å². The SMILES string of the molecule is CCCN(CCC)C(=O)c1cc(C)cc(C(=O)NC(Cc2cc(F)cc(F)c2)C(O)CNN(C)c2ccccc2)c1. The van der Waals surface area contributed by atoms with Crippen LogP contribution in [0.2, 0.25) is 0 Å². The predicted molar refractivity (Wildman–Crippen MR) is 158 cm³/mol. The van der Waals surface area contributed by atoms with Crippen LogP contribution in [-0.2, 0) is 6.42 Å². The van der Waals surface area contributed by atoms with E-state index in [9.17, 15) is 23.5 Å². The first-order chi connectivity index (χ1) is 19.6. The molecule has 0 aliphatic rings. The first-order valence-electron chi connectivity index (χ1n) is 14.0. The van der Waals surface area contributed by atoms with Crippen LogP contribution in [0.3, 0.4) is 0 Å². The first-order valence-corrected chi connectivity index (χ1v) is 14.0. The number of nitrogens with one attached hydrogen (secondary N) is 2. The number of aliphatic hydroxyl groups excluding tert-OH is 1. The molecule has 0 aliphatic carbocycles. The van der Waals surface area contributed by atoms with Crippen molar-refractivity contribution in [1.29, 1.82) is 0 Å². The molecule has 3 aromatic carbocycles. The summed E-state index contributed by atoms with van der Waals surface area (Å²) in [5, 5.41) is 15.7. The second-order valence-corrected chi connectivity index (χ2v) is 10.3. The lowest BCUT2D eigenvalue weighted by Gasteiger charge is -2.28. The number of hydrogen-bond donors (Lipinski definition) is 3. The smallest absolute Gasteiger partial charge is 0.253 e. The number of hydrogen-bond acceptors (Lipinski definition) is 5. The number of carbonyl (C=O) groups is 2. The van der Waals surface area contributed by atoms with Crippen molar-refractivity contribution >= 4 is 17.5 Å². The molecule has 9 heteroatoms. The van der Waals surface area contributed by atoms with E-state index in [-0.39, 0.29) is 30.0 Å². The number of para-hydroxylation sites is 1. The topological polar surface area (TPSA) is 84.9 Å². The van der Waals surface area contributed by atoms with Crippen LogP contribution in [0.15, 0.2) is 66.7 Å². The van der Waals surface area contributed by atoms with Crippen LogP contribution in [0, 0.1) is 18.6 Å². The molecule has 3 aromatic rings. The summed E-state index contributed by atoms with van der Waals surface area (Å²) < 4.78 is 27.9. The van der Waals surface area contributed by atoms with Gasteiger partial charge < -0.3 is 20.3 Å². The van der Waals surface area contributed by atoms with Gasteiger partial charge in [-0.15, -0.1) is 0 Å². The van der Waals surface area contributed by atoms with Gasteiger partial charge in [-0.1, -0.05) is 32.0 Å². The van der Waals surface area contributed by atoms with Crippen molar-refractivity contribution in [2.75, 3.05) is 31.7 Å². The standard InChI is InChI=1S/C32H40F2N4O3/c1-5-12-38(13-6-2)32(41)25-15-22(3)14-24(19-25)31(40)36-29(18-23-16-26(33)20-27(34)17-23)30(39)21-35-37(4)28-10-8-7-9-11-28/h7-11,14-17,19-20,29-30,35,39H,5-6,12-13,18,21H2,1-4H3,(H,36,40). The third kappa shape index (κ3) is 9.37. The molecule has 0 fully saturated rings. The minimum absolute atomic E-state index is 0.0172. The third-order valence-electron chi connectivity index (χ3n) is 6.70. The molecule has 0 saturated heterocycles. The maximum absolute atomic E-state index is 13.9. The maximum atomic E-state index is 13.9. The van der Waals surface area contributed by atoms with Crippen LogP contribution in [0.1, 0.15) is 58.5 Å². The Labute approximate surface area is 241 Å². The van der Waals surface area contributed by atoms with E-state index >= 15 is 0 Å². The Morgan fingerprint density at radius 1 is 0.902 bits per heavy atom. The molecular formula is C32H40F2N4O3. The lowest BCUT2D eigenvalue weighted by molar-refractivity contribution is 0.0755. The summed E-state index contributed by atoms with van der Waals surface area (Å²) in [4.78, 5) is 28.5. The molecular weight excluding hydrogens is 526 g/mol. The summed E-state index contributed by atoms with van der Waals surface area (Å²) in [6, 6.07) is 16.7. The van der Waals surface area contributed by atoms with Gasteiger partial charge in [0, 0.05) is 43.9 Å². The number of nitrogens with zero attached hydrogens (tertiary/aromatic N) is 2. The average Bonchev–Trinajstić information content (AvgIpc) is 2.94. The van der Waals surface area contributed by atoms with E-state index < -0.39 is 29.7 Å². The van der Waals surface area contributed by atoms with E-state index in [1.54, 1.807) is 35.2 Å². The first kappa shape index (κ1) is 31.7. The molecule has 2 amide bonds. The van der Waals surface area contributed by atoms with E-state index in [0.717, 1.165) is 30.2 Å². The Kier molecular flexibility index (Phi) is 11.8. The number of amides is 2. The number of anilines is 1. The summed E-state index contributed by atoms with van der Waals surface area (Å²) >= 11 is 0. The van der Waals surface area contributed by atoms with E-state index in [0.29, 0.717) is 18.7 Å². The molecule has 0 aromatic heterocycles. The van der Waals surface area contributed by atoms with Gasteiger partial charge >= 0.3 is 0 Å². The Morgan fingerprint density at radius 2 is 1.51 bits per heavy atom. The Balaban J connectivity index is 1.83. The molecule has 0 bridgehead atoms. The fraction of sp³-hybridized carbons (Fsp3) is 0.375. The van der Waals surface area contributed by atoms with Crippen LogP contribution >= 0.6 is 0 Å². The summed E-state index contributed by atoms with van der Waals surface area (Å²) in [7, 11) is 1.79. The molecule has 3 N–H and O–H groups in total. The van der Waals surface area contributed by atoms with Gasteiger partial charge in [-0.2, -0.15) is 0 Å². The largest absolute Gasteiger partial charge is 0.390 e. The highest BCUT2D eigenvalue weighted by Crippen LogP contribution is 2.16. The minimum atomic E-state index is -1.12. The van der Waals surface area contributed by atoms with Crippen molar-refractivity contribution in [3.8, 4) is 0 Å². The number of halogens is 2. The molecule has 0 aliphatic heterocycles. The van der Waals surface area contributed by atoms with Crippen molar-refractivity contribution in [3.63, 3.8) is 0 Å². The quantitative estimate of drug-likeness (QED) is 0.242. The maximum Gasteiger partial charge on any atom is 0.253 e. The number of benzene rings is 3. The molecule has 7 nitrogen and oxygen atoms in total. The van der Waals surface area contributed by atoms with Crippen LogP contribution in [0.5, 0.6) is 0 Å². The van der Waals surface area contributed by atoms with Crippen molar-refractivity contribution in [1.82, 2.24) is 15.6 Å². The van der Waals surface area contributed by atoms with Crippen LogP contribution < -0.4 is 15.8 Å². The predicted octanol–water partition coefficient (Wildman–Crippen LogP) is 4.88. The van der Waals surface area contributed by atoms with E-state index in [2.05, 4.69) is 10.7 Å². The van der Waals surface area contributed by atoms with Gasteiger partial charge in [0.15, 0.2) is 0 Å². The highest BCUT2D eigenvalue weighted by Gasteiger charge is 2.25. The number of carbonyl (C=O) groups excluding carboxylic acids is 2. The lowest BCUT2D eigenvalue weighted by atomic mass is 9.99. The number of aliphatic hydroxyl groups is 1. The number of aryl methyl sites for hydroxylation is 1. The fourth-order valence-corrected chi connectivity index (χ4v) is 4.71. The molecule has 3 rings (SSSR count). The Bertz CT molecular complexity index is 1280. The zero-order valence-electron chi connectivity index (χ0n) is 24.2. The summed E-state index contributed by atoms with van der Waals surface area (Å²) in [6.07, 6.45) is 0.500. The molecule has 2 atom stereocenters. The van der Waals surface area contributed by atoms with Gasteiger partial charge in [0.2, 0.25) is 0 Å². The Hall–Kier alpha value is -3.82. The third-order valence-corrected chi connectivity index (χ3v) is 6.70. The molecule has 0 spiro atoms. The van der Waals surface area contributed by atoms with Gasteiger partial charge in [-0.3, -0.25) is 9.59 Å². The van der Waals surface area contributed by atoms with Crippen LogP contribution in [-0.4, -0.2) is 60.6 Å². The lowest BCUT2D eigenvalue weighted by Crippen LogP contribution is -2.51. The molecule has 0 heterocycles. The second kappa shape index (κ2) is 15.3. The molecule has 41 heavy (non-hydrogen) atoms. The molecule has 0 saturated carbocycles. The summed E-state index contributed by atoms with van der Waals surface area (Å²) in [6.45, 7) is 7.11. The number of hydrazine groups is 1. The highest BCUT2D eigenvalue weighted by atomic mass is 19.1. The van der Waals surface area contributed by atoms with Crippen LogP contribution in [0.25, 0.3) is 0 Å². The van der Waals surface area contributed by atoms with Gasteiger partial charge in [0.05, 0.1) is 17.8 Å². The van der Waals surface area contributed by atoms with Crippen molar-refractivity contribution < 1.29 is 23.5 Å². The Morgan fingerprint density at radius 3 is 2.12 bits per heavy atom. The van der Waals surface area contributed by atoms with Crippen LogP contribution in [0.4, 0.5) is 14.5 Å². The van der Waals surface area contributed by atoms with Gasteiger partial charge in [0.25, 0.3) is 11.8 Å². The highest BCUT2D eigenvalue weighted by molar-refractivity contribution is 6.00. The molecule has 0 radical (unpaired) electrons. The monoisotopic (exact) mass is 566 g/mol. The molecule has 220 valence electrons. The number of rotatable bonds is 14. The second-order valence-electron chi connectivity index (χ2n) is 10.3. The normalized spacial score (nSPS) is 12.5. The molecule has 2 unspecified atom stereocenters. The average molecular weight is 567 g/mol. The van der Waals surface area contributed by atoms with Gasteiger partial charge in [-0.25, -0.2) is 14.2 Å². The fourth-order valence-electron chi connectivity index (χ4n) is 4.71. The van der Waals surface area contributed by atoms with E-state index in [1.165, 1.54) is 12.1 Å². The summed E-state index contributed by atoms with van der Waals surface area (Å²) in [5.41, 5.74) is 5.67. The zero-order chi connectivity index (χ0) is 29.9. The minimum Gasteiger partial charge on any atom is -0.390 e. The summed E-state index contributed by atoms with van der Waals surface area (Å²) in [5.74, 6) is -2.14. The zero-order valence-corrected chi connectivity index (χ0v) is 24.2. The van der Waals surface area contributed by atoms with E-state index in [1.807, 2.05) is 51.1 Å². The van der Waals surface area contributed by atoms with Crippen molar-refractivity contribution in [3.05, 3.63) is 101 Å². The van der Waals surface area contributed by atoms with E-state index in [4.69, 9.17) is 0 Å². The van der Waals surface area contributed by atoms with Gasteiger partial charge in [0.1, 0.15) is 11.6 Å².